The fourth-order valence-corrected chi connectivity index (χ4v) is 3.88. The van der Waals surface area contributed by atoms with Gasteiger partial charge in [-0.15, -0.1) is 0 Å². The van der Waals surface area contributed by atoms with Gasteiger partial charge in [-0.05, 0) is 80.5 Å². The first-order valence-corrected chi connectivity index (χ1v) is 12.4. The third-order valence-electron chi connectivity index (χ3n) is 5.50. The molecule has 3 heteroatoms. The molecule has 0 fully saturated rings. The van der Waals surface area contributed by atoms with Crippen LogP contribution in [0.2, 0.25) is 0 Å². The van der Waals surface area contributed by atoms with Gasteiger partial charge >= 0.3 is 0 Å². The summed E-state index contributed by atoms with van der Waals surface area (Å²) in [6, 6.07) is 12.9. The molecular weight excluding hydrogens is 402 g/mol. The van der Waals surface area contributed by atoms with Crippen molar-refractivity contribution in [2.75, 3.05) is 0 Å². The van der Waals surface area contributed by atoms with Gasteiger partial charge in [0.1, 0.15) is 0 Å². The molecule has 2 aromatic carbocycles. The van der Waals surface area contributed by atoms with Gasteiger partial charge in [0.05, 0.1) is 34.8 Å². The van der Waals surface area contributed by atoms with Crippen LogP contribution in [-0.2, 0) is 6.42 Å². The molecule has 4 rings (SSSR count). The second kappa shape index (κ2) is 14.3. The molecule has 0 saturated heterocycles. The van der Waals surface area contributed by atoms with Crippen molar-refractivity contribution in [3.63, 3.8) is 0 Å². The molecule has 0 atom stereocenters. The van der Waals surface area contributed by atoms with Crippen molar-refractivity contribution in [1.29, 1.82) is 0 Å². The van der Waals surface area contributed by atoms with Crippen LogP contribution in [0.3, 0.4) is 0 Å². The van der Waals surface area contributed by atoms with E-state index < -0.39 is 0 Å². The lowest BCUT2D eigenvalue weighted by Gasteiger charge is -2.07. The van der Waals surface area contributed by atoms with Crippen molar-refractivity contribution in [2.24, 2.45) is 0 Å². The Morgan fingerprint density at radius 2 is 1.55 bits per heavy atom. The lowest BCUT2D eigenvalue weighted by Crippen LogP contribution is -1.94. The van der Waals surface area contributed by atoms with Crippen molar-refractivity contribution in [2.45, 2.75) is 82.1 Å². The first-order valence-electron chi connectivity index (χ1n) is 12.4. The van der Waals surface area contributed by atoms with Crippen LogP contribution in [0.25, 0.3) is 22.1 Å². The highest BCUT2D eigenvalue weighted by molar-refractivity contribution is 5.83. The Labute approximate surface area is 201 Å². The summed E-state index contributed by atoms with van der Waals surface area (Å²) in [5, 5.41) is 0. The van der Waals surface area contributed by atoms with E-state index in [2.05, 4.69) is 91.5 Å². The van der Waals surface area contributed by atoms with E-state index in [9.17, 15) is 0 Å². The standard InChI is InChI=1S/C16H17N3.C10H14.2C2H6/c1-4-5-11(2)13-6-7-14-15(8-13)19-10-17-9-16(19)12(3)18-14;1-4-10-8(2)6-5-7-9(10)3;2*1-2/h5-10H,4H2,1-3H3;5-7H,4H2,1-3H3;2*1-2H3. The number of nitrogens with zero attached hydrogens (tertiary/aromatic N) is 3. The summed E-state index contributed by atoms with van der Waals surface area (Å²) < 4.78 is 2.11. The Bertz CT molecular complexity index is 1150. The summed E-state index contributed by atoms with van der Waals surface area (Å²) in [5.41, 5.74) is 11.1. The second-order valence-electron chi connectivity index (χ2n) is 7.57. The maximum atomic E-state index is 4.64. The Balaban J connectivity index is 0.000000330. The molecule has 4 aromatic rings. The van der Waals surface area contributed by atoms with Gasteiger partial charge in [0.2, 0.25) is 0 Å². The Hall–Kier alpha value is -2.94. The van der Waals surface area contributed by atoms with E-state index in [1.54, 1.807) is 0 Å². The summed E-state index contributed by atoms with van der Waals surface area (Å²) >= 11 is 0. The van der Waals surface area contributed by atoms with E-state index in [1.807, 2.05) is 47.1 Å². The third-order valence-corrected chi connectivity index (χ3v) is 5.50. The number of hydrogen-bond donors (Lipinski definition) is 0. The minimum absolute atomic E-state index is 1.01. The fraction of sp³-hybridized carbons (Fsp3) is 0.400. The quantitative estimate of drug-likeness (QED) is 0.315. The van der Waals surface area contributed by atoms with Gasteiger partial charge in [0.25, 0.3) is 0 Å². The van der Waals surface area contributed by atoms with Gasteiger partial charge in [-0.25, -0.2) is 9.97 Å². The number of rotatable bonds is 3. The smallest absolute Gasteiger partial charge is 0.0998 e. The third kappa shape index (κ3) is 7.02. The highest BCUT2D eigenvalue weighted by Gasteiger charge is 2.07. The van der Waals surface area contributed by atoms with Crippen LogP contribution in [0.1, 0.15) is 82.8 Å². The number of imidazole rings is 1. The van der Waals surface area contributed by atoms with Crippen LogP contribution in [0.5, 0.6) is 0 Å². The van der Waals surface area contributed by atoms with Crippen molar-refractivity contribution >= 4 is 22.1 Å². The number of hydrogen-bond acceptors (Lipinski definition) is 2. The lowest BCUT2D eigenvalue weighted by molar-refractivity contribution is 1.08. The van der Waals surface area contributed by atoms with Gasteiger partial charge in [-0.3, -0.25) is 4.40 Å². The summed E-state index contributed by atoms with van der Waals surface area (Å²) in [6.07, 6.45) is 8.17. The first kappa shape index (κ1) is 28.1. The number of allylic oxidation sites excluding steroid dienone is 2. The van der Waals surface area contributed by atoms with Crippen molar-refractivity contribution < 1.29 is 0 Å². The van der Waals surface area contributed by atoms with Gasteiger partial charge < -0.3 is 0 Å². The zero-order chi connectivity index (χ0) is 25.0. The molecule has 0 bridgehead atoms. The van der Waals surface area contributed by atoms with E-state index in [0.29, 0.717) is 0 Å². The predicted molar refractivity (Wildman–Crippen MR) is 147 cm³/mol. The number of benzene rings is 2. The topological polar surface area (TPSA) is 30.2 Å². The molecule has 3 nitrogen and oxygen atoms in total. The molecular formula is C30H43N3. The SMILES string of the molecule is CC.CC.CCC=C(C)c1ccc2nc(C)c3cncn3c2c1.CCc1c(C)cccc1C. The molecule has 0 aliphatic rings. The molecule has 178 valence electrons. The van der Waals surface area contributed by atoms with E-state index in [0.717, 1.165) is 35.1 Å². The fourth-order valence-electron chi connectivity index (χ4n) is 3.88. The average Bonchev–Trinajstić information content (AvgIpc) is 3.34. The van der Waals surface area contributed by atoms with Crippen molar-refractivity contribution in [3.05, 3.63) is 82.9 Å². The van der Waals surface area contributed by atoms with Gasteiger partial charge in [0.15, 0.2) is 0 Å². The number of fused-ring (bicyclic) bond motifs is 3. The summed E-state index contributed by atoms with van der Waals surface area (Å²) in [6.45, 7) is 20.9. The van der Waals surface area contributed by atoms with Crippen LogP contribution < -0.4 is 0 Å². The molecule has 0 unspecified atom stereocenters. The van der Waals surface area contributed by atoms with Crippen LogP contribution in [0, 0.1) is 20.8 Å². The van der Waals surface area contributed by atoms with Crippen molar-refractivity contribution in [1.82, 2.24) is 14.4 Å². The van der Waals surface area contributed by atoms with Gasteiger partial charge in [0, 0.05) is 0 Å². The first-order chi connectivity index (χ1) is 16.0. The molecule has 33 heavy (non-hydrogen) atoms. The zero-order valence-electron chi connectivity index (χ0n) is 22.5. The minimum atomic E-state index is 1.01. The van der Waals surface area contributed by atoms with Crippen LogP contribution in [0.15, 0.2) is 55.0 Å². The van der Waals surface area contributed by atoms with E-state index >= 15 is 0 Å². The Kier molecular flexibility index (Phi) is 12.1. The largest absolute Gasteiger partial charge is 0.295 e. The zero-order valence-corrected chi connectivity index (χ0v) is 22.5. The normalized spacial score (nSPS) is 10.5. The maximum Gasteiger partial charge on any atom is 0.0998 e. The molecule has 2 aromatic heterocycles. The minimum Gasteiger partial charge on any atom is -0.295 e. The van der Waals surface area contributed by atoms with E-state index in [1.165, 1.54) is 27.8 Å². The van der Waals surface area contributed by atoms with E-state index in [-0.39, 0.29) is 0 Å². The number of aromatic nitrogens is 3. The Morgan fingerprint density at radius 1 is 0.909 bits per heavy atom. The van der Waals surface area contributed by atoms with Crippen LogP contribution in [-0.4, -0.2) is 14.4 Å². The second-order valence-corrected chi connectivity index (χ2v) is 7.57. The molecule has 0 amide bonds. The van der Waals surface area contributed by atoms with Gasteiger partial charge in [-0.2, -0.15) is 0 Å². The Morgan fingerprint density at radius 3 is 2.09 bits per heavy atom. The van der Waals surface area contributed by atoms with Crippen LogP contribution in [0.4, 0.5) is 0 Å². The molecule has 2 heterocycles. The summed E-state index contributed by atoms with van der Waals surface area (Å²) in [4.78, 5) is 8.87. The molecule has 0 N–H and O–H groups in total. The summed E-state index contributed by atoms with van der Waals surface area (Å²) in [7, 11) is 0. The predicted octanol–water partition coefficient (Wildman–Crippen LogP) is 8.92. The van der Waals surface area contributed by atoms with Gasteiger partial charge in [-0.1, -0.05) is 71.9 Å². The monoisotopic (exact) mass is 445 g/mol. The summed E-state index contributed by atoms with van der Waals surface area (Å²) in [5.74, 6) is 0. The highest BCUT2D eigenvalue weighted by atomic mass is 15.0. The van der Waals surface area contributed by atoms with Crippen LogP contribution >= 0.6 is 0 Å². The van der Waals surface area contributed by atoms with E-state index in [4.69, 9.17) is 0 Å². The molecule has 0 aliphatic heterocycles. The number of aryl methyl sites for hydroxylation is 3. The molecule has 0 saturated carbocycles. The van der Waals surface area contributed by atoms with Crippen molar-refractivity contribution in [3.8, 4) is 0 Å². The highest BCUT2D eigenvalue weighted by Crippen LogP contribution is 2.22. The molecule has 0 aliphatic carbocycles. The molecule has 0 spiro atoms. The maximum absolute atomic E-state index is 4.64. The average molecular weight is 446 g/mol. The molecule has 0 radical (unpaired) electrons. The lowest BCUT2D eigenvalue weighted by atomic mass is 10.0.